The van der Waals surface area contributed by atoms with E-state index in [0.29, 0.717) is 24.8 Å². The highest BCUT2D eigenvalue weighted by molar-refractivity contribution is 5.45. The molecule has 132 valence electrons. The van der Waals surface area contributed by atoms with Crippen LogP contribution >= 0.6 is 0 Å². The summed E-state index contributed by atoms with van der Waals surface area (Å²) in [5.41, 5.74) is 2.35. The standard InChI is InChI=1S/C19H27NO4/c1-20-5-4-19-11-14(24-7-6-21)10-17(23)18(19)16(20)8-12-2-3-13(22)9-15(12)19/h2-3,9,14,16-18,21-23H,4-8,10-11H2,1H3/t14-,16-,17-,18+,19-/m1/s1. The molecule has 1 saturated carbocycles. The lowest BCUT2D eigenvalue weighted by Crippen LogP contribution is -2.65. The van der Waals surface area contributed by atoms with Crippen LogP contribution in [0.15, 0.2) is 18.2 Å². The molecule has 1 aliphatic heterocycles. The highest BCUT2D eigenvalue weighted by atomic mass is 16.5. The molecule has 5 heteroatoms. The van der Waals surface area contributed by atoms with E-state index in [1.165, 1.54) is 11.1 Å². The number of fused-ring (bicyclic) bond motifs is 1. The number of likely N-dealkylation sites (tertiary alicyclic amines) is 1. The monoisotopic (exact) mass is 333 g/mol. The van der Waals surface area contributed by atoms with Gasteiger partial charge in [0.25, 0.3) is 0 Å². The van der Waals surface area contributed by atoms with Crippen LogP contribution in [-0.4, -0.2) is 65.3 Å². The van der Waals surface area contributed by atoms with Crippen molar-refractivity contribution in [1.29, 1.82) is 0 Å². The molecular formula is C19H27NO4. The van der Waals surface area contributed by atoms with Crippen molar-refractivity contribution in [3.8, 4) is 5.75 Å². The van der Waals surface area contributed by atoms with E-state index >= 15 is 0 Å². The van der Waals surface area contributed by atoms with Crippen molar-refractivity contribution < 1.29 is 20.1 Å². The van der Waals surface area contributed by atoms with Gasteiger partial charge in [0.2, 0.25) is 0 Å². The van der Waals surface area contributed by atoms with Gasteiger partial charge in [-0.2, -0.15) is 0 Å². The molecular weight excluding hydrogens is 306 g/mol. The maximum Gasteiger partial charge on any atom is 0.115 e. The molecule has 5 nitrogen and oxygen atoms in total. The van der Waals surface area contributed by atoms with E-state index in [1.54, 1.807) is 6.07 Å². The van der Waals surface area contributed by atoms with E-state index < -0.39 is 6.10 Å². The molecule has 24 heavy (non-hydrogen) atoms. The van der Waals surface area contributed by atoms with Crippen LogP contribution in [0.2, 0.25) is 0 Å². The quantitative estimate of drug-likeness (QED) is 0.771. The van der Waals surface area contributed by atoms with Gasteiger partial charge in [-0.3, -0.25) is 0 Å². The van der Waals surface area contributed by atoms with Gasteiger partial charge in [-0.1, -0.05) is 6.07 Å². The lowest BCUT2D eigenvalue weighted by Gasteiger charge is -2.60. The van der Waals surface area contributed by atoms with E-state index in [1.807, 2.05) is 12.1 Å². The minimum atomic E-state index is -0.411. The number of rotatable bonds is 3. The van der Waals surface area contributed by atoms with Gasteiger partial charge in [0.1, 0.15) is 5.75 Å². The van der Waals surface area contributed by atoms with Crippen molar-refractivity contribution in [1.82, 2.24) is 4.90 Å². The summed E-state index contributed by atoms with van der Waals surface area (Å²) in [7, 11) is 2.15. The van der Waals surface area contributed by atoms with Crippen LogP contribution in [0.5, 0.6) is 5.75 Å². The Morgan fingerprint density at radius 1 is 1.38 bits per heavy atom. The van der Waals surface area contributed by atoms with E-state index in [9.17, 15) is 10.2 Å². The molecule has 4 rings (SSSR count). The molecule has 1 aromatic rings. The summed E-state index contributed by atoms with van der Waals surface area (Å²) in [6.45, 7) is 1.32. The summed E-state index contributed by atoms with van der Waals surface area (Å²) < 4.78 is 5.82. The number of likely N-dealkylation sites (N-methyl/N-ethyl adjacent to an activating group) is 1. The van der Waals surface area contributed by atoms with Crippen LogP contribution in [0.25, 0.3) is 0 Å². The third-order valence-corrected chi connectivity index (χ3v) is 6.54. The smallest absolute Gasteiger partial charge is 0.115 e. The lowest BCUT2D eigenvalue weighted by molar-refractivity contribution is -0.127. The Morgan fingerprint density at radius 2 is 2.21 bits per heavy atom. The van der Waals surface area contributed by atoms with Crippen LogP contribution in [0.3, 0.4) is 0 Å². The first-order valence-electron chi connectivity index (χ1n) is 8.98. The minimum absolute atomic E-state index is 0.00572. The summed E-state index contributed by atoms with van der Waals surface area (Å²) in [6, 6.07) is 6.05. The third-order valence-electron chi connectivity index (χ3n) is 6.54. The fourth-order valence-corrected chi connectivity index (χ4v) is 5.60. The van der Waals surface area contributed by atoms with E-state index in [0.717, 1.165) is 25.8 Å². The van der Waals surface area contributed by atoms with Gasteiger partial charge in [-0.15, -0.1) is 0 Å². The van der Waals surface area contributed by atoms with Crippen molar-refractivity contribution in [3.63, 3.8) is 0 Å². The Bertz CT molecular complexity index is 621. The molecule has 0 amide bonds. The number of ether oxygens (including phenoxy) is 1. The predicted molar refractivity (Wildman–Crippen MR) is 90.1 cm³/mol. The summed E-state index contributed by atoms with van der Waals surface area (Å²) >= 11 is 0. The predicted octanol–water partition coefficient (Wildman–Crippen LogP) is 1.04. The third kappa shape index (κ3) is 2.37. The summed E-state index contributed by atoms with van der Waals surface area (Å²) in [5.74, 6) is 0.478. The Hall–Kier alpha value is -1.14. The van der Waals surface area contributed by atoms with E-state index in [-0.39, 0.29) is 24.0 Å². The van der Waals surface area contributed by atoms with Gasteiger partial charge in [0, 0.05) is 17.4 Å². The van der Waals surface area contributed by atoms with Gasteiger partial charge in [-0.05, 0) is 62.5 Å². The fraction of sp³-hybridized carbons (Fsp3) is 0.684. The number of phenols is 1. The van der Waals surface area contributed by atoms with Crippen molar-refractivity contribution >= 4 is 0 Å². The van der Waals surface area contributed by atoms with Crippen molar-refractivity contribution in [3.05, 3.63) is 29.3 Å². The molecule has 2 fully saturated rings. The Labute approximate surface area is 142 Å². The van der Waals surface area contributed by atoms with Gasteiger partial charge < -0.3 is 25.0 Å². The zero-order chi connectivity index (χ0) is 16.9. The number of benzene rings is 1. The van der Waals surface area contributed by atoms with E-state index in [4.69, 9.17) is 9.84 Å². The first kappa shape index (κ1) is 16.3. The molecule has 0 radical (unpaired) electrons. The first-order chi connectivity index (χ1) is 11.5. The Balaban J connectivity index is 1.79. The molecule has 1 heterocycles. The normalized spacial score (nSPS) is 38.5. The Morgan fingerprint density at radius 3 is 3.00 bits per heavy atom. The van der Waals surface area contributed by atoms with Crippen LogP contribution in [-0.2, 0) is 16.6 Å². The highest BCUT2D eigenvalue weighted by Crippen LogP contribution is 2.56. The zero-order valence-electron chi connectivity index (χ0n) is 14.2. The number of piperidine rings is 1. The van der Waals surface area contributed by atoms with Crippen molar-refractivity contribution in [2.24, 2.45) is 5.92 Å². The Kier molecular flexibility index (Phi) is 4.07. The second-order valence-electron chi connectivity index (χ2n) is 7.75. The molecule has 5 atom stereocenters. The number of aliphatic hydroxyl groups is 2. The van der Waals surface area contributed by atoms with Crippen LogP contribution in [0, 0.1) is 5.92 Å². The average molecular weight is 333 g/mol. The molecule has 0 unspecified atom stereocenters. The SMILES string of the molecule is CN1CC[C@]23C[C@H](OCCO)C[C@@H](O)[C@@H]2[C@H]1Cc1ccc(O)cc13. The van der Waals surface area contributed by atoms with Gasteiger partial charge in [0.05, 0.1) is 25.4 Å². The largest absolute Gasteiger partial charge is 0.508 e. The molecule has 1 aromatic carbocycles. The van der Waals surface area contributed by atoms with Gasteiger partial charge in [-0.25, -0.2) is 0 Å². The molecule has 0 aromatic heterocycles. The maximum atomic E-state index is 11.0. The number of aliphatic hydroxyl groups excluding tert-OH is 2. The molecule has 0 spiro atoms. The van der Waals surface area contributed by atoms with Crippen molar-refractivity contribution in [2.75, 3.05) is 26.8 Å². The van der Waals surface area contributed by atoms with E-state index in [2.05, 4.69) is 11.9 Å². The number of aromatic hydroxyl groups is 1. The lowest BCUT2D eigenvalue weighted by atomic mass is 9.51. The van der Waals surface area contributed by atoms with Gasteiger partial charge >= 0.3 is 0 Å². The summed E-state index contributed by atoms with van der Waals surface area (Å²) in [6.07, 6.45) is 2.93. The summed E-state index contributed by atoms with van der Waals surface area (Å²) in [4.78, 5) is 2.39. The highest BCUT2D eigenvalue weighted by Gasteiger charge is 2.58. The zero-order valence-corrected chi connectivity index (χ0v) is 14.2. The molecule has 3 N–H and O–H groups in total. The first-order valence-corrected chi connectivity index (χ1v) is 8.98. The maximum absolute atomic E-state index is 11.0. The topological polar surface area (TPSA) is 73.2 Å². The fourth-order valence-electron chi connectivity index (χ4n) is 5.60. The minimum Gasteiger partial charge on any atom is -0.508 e. The average Bonchev–Trinajstić information content (AvgIpc) is 2.57. The number of phenolic OH excluding ortho intramolecular Hbond substituents is 1. The molecule has 2 bridgehead atoms. The molecule has 3 aliphatic rings. The second kappa shape index (κ2) is 5.99. The number of hydrogen-bond acceptors (Lipinski definition) is 5. The molecule has 1 saturated heterocycles. The second-order valence-corrected chi connectivity index (χ2v) is 7.75. The number of nitrogens with zero attached hydrogens (tertiary/aromatic N) is 1. The van der Waals surface area contributed by atoms with Crippen LogP contribution < -0.4 is 0 Å². The van der Waals surface area contributed by atoms with Crippen molar-refractivity contribution in [2.45, 2.75) is 49.3 Å². The number of hydrogen-bond donors (Lipinski definition) is 3. The summed E-state index contributed by atoms with van der Waals surface area (Å²) in [5, 5.41) is 30.1. The van der Waals surface area contributed by atoms with Crippen LogP contribution in [0.4, 0.5) is 0 Å². The van der Waals surface area contributed by atoms with Gasteiger partial charge in [0.15, 0.2) is 0 Å². The molecule has 2 aliphatic carbocycles. The van der Waals surface area contributed by atoms with Crippen LogP contribution in [0.1, 0.15) is 30.4 Å².